The van der Waals surface area contributed by atoms with Crippen molar-refractivity contribution in [2.24, 2.45) is 0 Å². The number of hydrogen-bond donors (Lipinski definition) is 2. The average Bonchev–Trinajstić information content (AvgIpc) is 2.60. The SMILES string of the molecule is Nc1cccc2c1CCN(C(=O)c1cccc3c1NC(=O)CC3)C2. The molecule has 0 radical (unpaired) electrons. The third-order valence-electron chi connectivity index (χ3n) is 4.86. The number of carbonyl (C=O) groups is 2. The second kappa shape index (κ2) is 5.67. The zero-order chi connectivity index (χ0) is 16.7. The molecule has 0 saturated carbocycles. The molecule has 0 fully saturated rings. The van der Waals surface area contributed by atoms with Gasteiger partial charge in [0.05, 0.1) is 11.3 Å². The van der Waals surface area contributed by atoms with E-state index in [2.05, 4.69) is 5.32 Å². The van der Waals surface area contributed by atoms with Gasteiger partial charge in [0, 0.05) is 25.2 Å². The first-order valence-electron chi connectivity index (χ1n) is 8.21. The summed E-state index contributed by atoms with van der Waals surface area (Å²) in [6.45, 7) is 1.19. The van der Waals surface area contributed by atoms with E-state index < -0.39 is 0 Å². The number of nitrogens with two attached hydrogens (primary N) is 1. The summed E-state index contributed by atoms with van der Waals surface area (Å²) >= 11 is 0. The summed E-state index contributed by atoms with van der Waals surface area (Å²) in [6, 6.07) is 11.5. The molecule has 122 valence electrons. The second-order valence-corrected chi connectivity index (χ2v) is 6.35. The summed E-state index contributed by atoms with van der Waals surface area (Å²) in [5.41, 5.74) is 11.4. The molecule has 2 aromatic rings. The lowest BCUT2D eigenvalue weighted by Gasteiger charge is -2.31. The number of nitrogens with zero attached hydrogens (tertiary/aromatic N) is 1. The standard InChI is InChI=1S/C19H19N3O2/c20-16-6-2-4-13-11-22(10-9-14(13)16)19(24)15-5-1-3-12-7-8-17(23)21-18(12)15/h1-6H,7-11,20H2,(H,21,23). The third kappa shape index (κ3) is 2.42. The number of nitrogen functional groups attached to an aromatic ring is 1. The summed E-state index contributed by atoms with van der Waals surface area (Å²) in [4.78, 5) is 26.6. The smallest absolute Gasteiger partial charge is 0.256 e. The molecule has 2 amide bonds. The first-order valence-corrected chi connectivity index (χ1v) is 8.21. The van der Waals surface area contributed by atoms with Gasteiger partial charge in [0.2, 0.25) is 5.91 Å². The Labute approximate surface area is 140 Å². The summed E-state index contributed by atoms with van der Waals surface area (Å²) in [6.07, 6.45) is 1.91. The molecule has 4 rings (SSSR count). The lowest BCUT2D eigenvalue weighted by molar-refractivity contribution is -0.116. The largest absolute Gasteiger partial charge is 0.398 e. The van der Waals surface area contributed by atoms with Crippen molar-refractivity contribution >= 4 is 23.2 Å². The molecule has 3 N–H and O–H groups in total. The van der Waals surface area contributed by atoms with Crippen molar-refractivity contribution in [2.45, 2.75) is 25.8 Å². The molecule has 0 saturated heterocycles. The number of aryl methyl sites for hydroxylation is 1. The second-order valence-electron chi connectivity index (χ2n) is 6.35. The Morgan fingerprint density at radius 2 is 1.83 bits per heavy atom. The molecule has 2 aliphatic rings. The van der Waals surface area contributed by atoms with Crippen LogP contribution in [-0.4, -0.2) is 23.3 Å². The van der Waals surface area contributed by atoms with Crippen molar-refractivity contribution in [1.29, 1.82) is 0 Å². The lowest BCUT2D eigenvalue weighted by atomic mass is 9.95. The Balaban J connectivity index is 1.65. The molecular formula is C19H19N3O2. The van der Waals surface area contributed by atoms with Crippen LogP contribution in [0.2, 0.25) is 0 Å². The number of para-hydroxylation sites is 1. The minimum atomic E-state index is -0.0397. The molecule has 2 aliphatic heterocycles. The summed E-state index contributed by atoms with van der Waals surface area (Å²) in [7, 11) is 0. The highest BCUT2D eigenvalue weighted by atomic mass is 16.2. The minimum Gasteiger partial charge on any atom is -0.398 e. The van der Waals surface area contributed by atoms with Gasteiger partial charge >= 0.3 is 0 Å². The fraction of sp³-hybridized carbons (Fsp3) is 0.263. The first-order chi connectivity index (χ1) is 11.6. The highest BCUT2D eigenvalue weighted by molar-refractivity contribution is 6.05. The van der Waals surface area contributed by atoms with Crippen LogP contribution in [0, 0.1) is 0 Å². The van der Waals surface area contributed by atoms with Crippen molar-refractivity contribution in [3.63, 3.8) is 0 Å². The van der Waals surface area contributed by atoms with E-state index >= 15 is 0 Å². The van der Waals surface area contributed by atoms with E-state index in [0.29, 0.717) is 37.2 Å². The predicted molar refractivity (Wildman–Crippen MR) is 92.7 cm³/mol. The van der Waals surface area contributed by atoms with E-state index in [1.807, 2.05) is 35.2 Å². The third-order valence-corrected chi connectivity index (χ3v) is 4.86. The van der Waals surface area contributed by atoms with Gasteiger partial charge in [0.1, 0.15) is 0 Å². The van der Waals surface area contributed by atoms with Crippen LogP contribution in [-0.2, 0) is 24.2 Å². The van der Waals surface area contributed by atoms with Crippen LogP contribution in [0.1, 0.15) is 33.5 Å². The number of carbonyl (C=O) groups excluding carboxylic acids is 2. The summed E-state index contributed by atoms with van der Waals surface area (Å²) < 4.78 is 0. The maximum absolute atomic E-state index is 13.0. The van der Waals surface area contributed by atoms with Crippen LogP contribution in [0.4, 0.5) is 11.4 Å². The number of benzene rings is 2. The Morgan fingerprint density at radius 3 is 2.71 bits per heavy atom. The monoisotopic (exact) mass is 321 g/mol. The number of anilines is 2. The quantitative estimate of drug-likeness (QED) is 0.792. The van der Waals surface area contributed by atoms with Crippen LogP contribution in [0.5, 0.6) is 0 Å². The number of fused-ring (bicyclic) bond motifs is 2. The molecule has 2 heterocycles. The van der Waals surface area contributed by atoms with Crippen molar-refractivity contribution in [1.82, 2.24) is 4.90 Å². The maximum atomic E-state index is 13.0. The normalized spacial score (nSPS) is 16.2. The molecule has 5 heteroatoms. The average molecular weight is 321 g/mol. The molecule has 0 unspecified atom stereocenters. The van der Waals surface area contributed by atoms with Gasteiger partial charge in [0.25, 0.3) is 5.91 Å². The van der Waals surface area contributed by atoms with Gasteiger partial charge in [-0.2, -0.15) is 0 Å². The van der Waals surface area contributed by atoms with Gasteiger partial charge in [-0.05, 0) is 41.7 Å². The Hall–Kier alpha value is -2.82. The Morgan fingerprint density at radius 1 is 1.04 bits per heavy atom. The van der Waals surface area contributed by atoms with Crippen LogP contribution in [0.25, 0.3) is 0 Å². The minimum absolute atomic E-state index is 0.0282. The van der Waals surface area contributed by atoms with Crippen molar-refractivity contribution < 1.29 is 9.59 Å². The fourth-order valence-electron chi connectivity index (χ4n) is 3.57. The summed E-state index contributed by atoms with van der Waals surface area (Å²) in [5.74, 6) is -0.0679. The van der Waals surface area contributed by atoms with Crippen molar-refractivity contribution in [3.05, 3.63) is 58.7 Å². The van der Waals surface area contributed by atoms with E-state index in [-0.39, 0.29) is 11.8 Å². The van der Waals surface area contributed by atoms with E-state index in [1.54, 1.807) is 6.07 Å². The van der Waals surface area contributed by atoms with Gasteiger partial charge in [-0.3, -0.25) is 9.59 Å². The topological polar surface area (TPSA) is 75.4 Å². The highest BCUT2D eigenvalue weighted by Gasteiger charge is 2.27. The van der Waals surface area contributed by atoms with Crippen molar-refractivity contribution in [3.8, 4) is 0 Å². The van der Waals surface area contributed by atoms with E-state index in [9.17, 15) is 9.59 Å². The number of nitrogens with one attached hydrogen (secondary N) is 1. The van der Waals surface area contributed by atoms with E-state index in [1.165, 1.54) is 0 Å². The van der Waals surface area contributed by atoms with Crippen LogP contribution in [0.15, 0.2) is 36.4 Å². The molecule has 5 nitrogen and oxygen atoms in total. The maximum Gasteiger partial charge on any atom is 0.256 e. The van der Waals surface area contributed by atoms with Gasteiger partial charge in [-0.25, -0.2) is 0 Å². The van der Waals surface area contributed by atoms with Crippen LogP contribution >= 0.6 is 0 Å². The predicted octanol–water partition coefficient (Wildman–Crippen LogP) is 2.35. The molecule has 24 heavy (non-hydrogen) atoms. The zero-order valence-corrected chi connectivity index (χ0v) is 13.3. The van der Waals surface area contributed by atoms with E-state index in [0.717, 1.165) is 28.8 Å². The van der Waals surface area contributed by atoms with Crippen LogP contribution < -0.4 is 11.1 Å². The molecule has 0 aliphatic carbocycles. The lowest BCUT2D eigenvalue weighted by Crippen LogP contribution is -2.37. The number of hydrogen-bond acceptors (Lipinski definition) is 3. The van der Waals surface area contributed by atoms with Gasteiger partial charge in [-0.1, -0.05) is 24.3 Å². The molecule has 0 bridgehead atoms. The number of rotatable bonds is 1. The highest BCUT2D eigenvalue weighted by Crippen LogP contribution is 2.30. The van der Waals surface area contributed by atoms with Gasteiger partial charge in [0.15, 0.2) is 0 Å². The van der Waals surface area contributed by atoms with Gasteiger partial charge in [-0.15, -0.1) is 0 Å². The molecular weight excluding hydrogens is 302 g/mol. The molecule has 0 aromatic heterocycles. The van der Waals surface area contributed by atoms with Crippen molar-refractivity contribution in [2.75, 3.05) is 17.6 Å². The van der Waals surface area contributed by atoms with Gasteiger partial charge < -0.3 is 16.0 Å². The Bertz CT molecular complexity index is 845. The zero-order valence-electron chi connectivity index (χ0n) is 13.3. The van der Waals surface area contributed by atoms with Crippen LogP contribution in [0.3, 0.4) is 0 Å². The molecule has 0 atom stereocenters. The molecule has 2 aromatic carbocycles. The first kappa shape index (κ1) is 14.8. The molecule has 0 spiro atoms. The van der Waals surface area contributed by atoms with E-state index in [4.69, 9.17) is 5.73 Å². The Kier molecular flexibility index (Phi) is 3.49. The fourth-order valence-corrected chi connectivity index (χ4v) is 3.57. The summed E-state index contributed by atoms with van der Waals surface area (Å²) in [5, 5.41) is 2.87. The number of amides is 2.